The van der Waals surface area contributed by atoms with E-state index >= 15 is 0 Å². The fourth-order valence-corrected chi connectivity index (χ4v) is 2.71. The van der Waals surface area contributed by atoms with Crippen LogP contribution in [0, 0.1) is 3.57 Å². The summed E-state index contributed by atoms with van der Waals surface area (Å²) in [6.45, 7) is 3.97. The third-order valence-electron chi connectivity index (χ3n) is 2.97. The van der Waals surface area contributed by atoms with Gasteiger partial charge in [-0.05, 0) is 66.4 Å². The van der Waals surface area contributed by atoms with Crippen LogP contribution in [-0.4, -0.2) is 17.7 Å². The molecule has 2 N–H and O–H groups in total. The molecule has 0 saturated heterocycles. The molecule has 1 aromatic rings. The number of carbonyl (C=O) groups is 1. The molecule has 1 aromatic carbocycles. The van der Waals surface area contributed by atoms with Crippen molar-refractivity contribution in [1.29, 1.82) is 0 Å². The molecular formula is C14H15IN2O2S. The van der Waals surface area contributed by atoms with E-state index in [0.29, 0.717) is 17.3 Å². The molecule has 4 nitrogen and oxygen atoms in total. The molecule has 0 amide bonds. The minimum Gasteiger partial charge on any atom is -0.463 e. The summed E-state index contributed by atoms with van der Waals surface area (Å²) in [5.74, 6) is -0.323. The van der Waals surface area contributed by atoms with Gasteiger partial charge in [0.1, 0.15) is 0 Å². The first-order chi connectivity index (χ1) is 9.52. The third-order valence-corrected chi connectivity index (χ3v) is 3.91. The highest BCUT2D eigenvalue weighted by Crippen LogP contribution is 2.27. The molecule has 6 heteroatoms. The van der Waals surface area contributed by atoms with Crippen LogP contribution >= 0.6 is 34.8 Å². The van der Waals surface area contributed by atoms with Crippen LogP contribution in [0.5, 0.6) is 0 Å². The van der Waals surface area contributed by atoms with E-state index in [4.69, 9.17) is 17.0 Å². The van der Waals surface area contributed by atoms with Crippen LogP contribution in [0.4, 0.5) is 0 Å². The van der Waals surface area contributed by atoms with E-state index in [-0.39, 0.29) is 12.0 Å². The molecule has 0 spiro atoms. The molecule has 0 aliphatic carbocycles. The fraction of sp³-hybridized carbons (Fsp3) is 0.286. The molecule has 1 aliphatic heterocycles. The fourth-order valence-electron chi connectivity index (χ4n) is 2.08. The SMILES string of the molecule is CCOC(=O)C1=C(C)NC(=S)N[C@H]1c1ccc(I)cc1. The Morgan fingerprint density at radius 3 is 2.65 bits per heavy atom. The van der Waals surface area contributed by atoms with Gasteiger partial charge < -0.3 is 15.4 Å². The van der Waals surface area contributed by atoms with Gasteiger partial charge in [-0.2, -0.15) is 0 Å². The average Bonchev–Trinajstić information content (AvgIpc) is 2.38. The summed E-state index contributed by atoms with van der Waals surface area (Å²) in [6, 6.07) is 7.70. The molecule has 0 radical (unpaired) electrons. The Morgan fingerprint density at radius 1 is 1.40 bits per heavy atom. The number of carbonyl (C=O) groups excluding carboxylic acids is 1. The van der Waals surface area contributed by atoms with Crippen molar-refractivity contribution in [2.24, 2.45) is 0 Å². The molecule has 0 aromatic heterocycles. The zero-order valence-corrected chi connectivity index (χ0v) is 14.2. The number of esters is 1. The average molecular weight is 402 g/mol. The van der Waals surface area contributed by atoms with Crippen LogP contribution in [0.2, 0.25) is 0 Å². The number of halogens is 1. The second-order valence-corrected chi connectivity index (χ2v) is 6.00. The van der Waals surface area contributed by atoms with E-state index in [0.717, 1.165) is 14.8 Å². The molecular weight excluding hydrogens is 387 g/mol. The van der Waals surface area contributed by atoms with E-state index in [2.05, 4.69) is 33.2 Å². The Bertz CT molecular complexity index is 569. The van der Waals surface area contributed by atoms with E-state index in [1.807, 2.05) is 31.2 Å². The summed E-state index contributed by atoms with van der Waals surface area (Å²) >= 11 is 7.43. The molecule has 0 fully saturated rings. The van der Waals surface area contributed by atoms with Gasteiger partial charge in [0, 0.05) is 9.27 Å². The van der Waals surface area contributed by atoms with E-state index < -0.39 is 0 Å². The van der Waals surface area contributed by atoms with Crippen LogP contribution < -0.4 is 10.6 Å². The lowest BCUT2D eigenvalue weighted by Gasteiger charge is -2.29. The zero-order chi connectivity index (χ0) is 14.7. The first-order valence-corrected chi connectivity index (χ1v) is 7.72. The van der Waals surface area contributed by atoms with E-state index in [1.165, 1.54) is 0 Å². The predicted molar refractivity (Wildman–Crippen MR) is 90.1 cm³/mol. The molecule has 1 heterocycles. The third kappa shape index (κ3) is 3.29. The smallest absolute Gasteiger partial charge is 0.338 e. The standard InChI is InChI=1S/C14H15IN2O2S/c1-3-19-13(18)11-8(2)16-14(20)17-12(11)9-4-6-10(15)7-5-9/h4-7,12H,3H2,1-2H3,(H2,16,17,20)/t12-/m0/s1. The van der Waals surface area contributed by atoms with Gasteiger partial charge in [0.05, 0.1) is 18.2 Å². The highest BCUT2D eigenvalue weighted by atomic mass is 127. The second-order valence-electron chi connectivity index (χ2n) is 4.34. The summed E-state index contributed by atoms with van der Waals surface area (Å²) in [4.78, 5) is 12.2. The normalized spacial score (nSPS) is 18.4. The monoisotopic (exact) mass is 402 g/mol. The Morgan fingerprint density at radius 2 is 2.05 bits per heavy atom. The Hall–Kier alpha value is -1.15. The summed E-state index contributed by atoms with van der Waals surface area (Å²) in [5.41, 5.74) is 2.29. The van der Waals surface area contributed by atoms with Crippen molar-refractivity contribution in [1.82, 2.24) is 10.6 Å². The predicted octanol–water partition coefficient (Wildman–Crippen LogP) is 2.65. The van der Waals surface area contributed by atoms with Crippen LogP contribution in [0.3, 0.4) is 0 Å². The summed E-state index contributed by atoms with van der Waals surface area (Å²) in [5, 5.41) is 6.62. The first kappa shape index (κ1) is 15.2. The lowest BCUT2D eigenvalue weighted by atomic mass is 9.96. The van der Waals surface area contributed by atoms with Crippen LogP contribution in [0.15, 0.2) is 35.5 Å². The lowest BCUT2D eigenvalue weighted by Crippen LogP contribution is -2.45. The zero-order valence-electron chi connectivity index (χ0n) is 11.2. The van der Waals surface area contributed by atoms with Gasteiger partial charge >= 0.3 is 5.97 Å². The molecule has 1 atom stereocenters. The van der Waals surface area contributed by atoms with Crippen molar-refractivity contribution < 1.29 is 9.53 Å². The van der Waals surface area contributed by atoms with Gasteiger partial charge in [-0.25, -0.2) is 4.79 Å². The summed E-state index contributed by atoms with van der Waals surface area (Å²) in [7, 11) is 0. The lowest BCUT2D eigenvalue weighted by molar-refractivity contribution is -0.139. The van der Waals surface area contributed by atoms with E-state index in [1.54, 1.807) is 6.92 Å². The molecule has 0 saturated carbocycles. The maximum absolute atomic E-state index is 12.2. The first-order valence-electron chi connectivity index (χ1n) is 6.23. The molecule has 0 bridgehead atoms. The maximum Gasteiger partial charge on any atom is 0.338 e. The van der Waals surface area contributed by atoms with Gasteiger partial charge in [-0.1, -0.05) is 12.1 Å². The Kier molecular flexibility index (Phi) is 4.98. The second kappa shape index (κ2) is 6.53. The molecule has 106 valence electrons. The van der Waals surface area contributed by atoms with Crippen molar-refractivity contribution in [2.45, 2.75) is 19.9 Å². The topological polar surface area (TPSA) is 50.4 Å². The maximum atomic E-state index is 12.2. The summed E-state index contributed by atoms with van der Waals surface area (Å²) in [6.07, 6.45) is 0. The number of hydrogen-bond acceptors (Lipinski definition) is 3. The van der Waals surface area contributed by atoms with Crippen molar-refractivity contribution >= 4 is 45.9 Å². The van der Waals surface area contributed by atoms with Gasteiger partial charge in [0.15, 0.2) is 5.11 Å². The van der Waals surface area contributed by atoms with Gasteiger partial charge in [0.25, 0.3) is 0 Å². The quantitative estimate of drug-likeness (QED) is 0.463. The van der Waals surface area contributed by atoms with Crippen LogP contribution in [0.25, 0.3) is 0 Å². The minimum absolute atomic E-state index is 0.278. The van der Waals surface area contributed by atoms with Gasteiger partial charge in [-0.15, -0.1) is 0 Å². The van der Waals surface area contributed by atoms with Crippen molar-refractivity contribution in [3.8, 4) is 0 Å². The number of rotatable bonds is 3. The minimum atomic E-state index is -0.323. The number of thiocarbonyl (C=S) groups is 1. The highest BCUT2D eigenvalue weighted by molar-refractivity contribution is 14.1. The number of hydrogen-bond donors (Lipinski definition) is 2. The van der Waals surface area contributed by atoms with Gasteiger partial charge in [-0.3, -0.25) is 0 Å². The molecule has 1 aliphatic rings. The Labute approximate surface area is 137 Å². The number of allylic oxidation sites excluding steroid dienone is 1. The molecule has 0 unspecified atom stereocenters. The number of ether oxygens (including phenoxy) is 1. The highest BCUT2D eigenvalue weighted by Gasteiger charge is 2.30. The van der Waals surface area contributed by atoms with Gasteiger partial charge in [0.2, 0.25) is 0 Å². The molecule has 20 heavy (non-hydrogen) atoms. The van der Waals surface area contributed by atoms with Crippen molar-refractivity contribution in [3.05, 3.63) is 44.7 Å². The number of benzene rings is 1. The molecule has 2 rings (SSSR count). The van der Waals surface area contributed by atoms with E-state index in [9.17, 15) is 4.79 Å². The van der Waals surface area contributed by atoms with Crippen LogP contribution in [0.1, 0.15) is 25.5 Å². The van der Waals surface area contributed by atoms with Crippen molar-refractivity contribution in [3.63, 3.8) is 0 Å². The number of nitrogens with one attached hydrogen (secondary N) is 2. The summed E-state index contributed by atoms with van der Waals surface area (Å²) < 4.78 is 6.28. The van der Waals surface area contributed by atoms with Crippen LogP contribution in [-0.2, 0) is 9.53 Å². The van der Waals surface area contributed by atoms with Crippen molar-refractivity contribution in [2.75, 3.05) is 6.61 Å². The largest absolute Gasteiger partial charge is 0.463 e. The Balaban J connectivity index is 2.41.